The van der Waals surface area contributed by atoms with E-state index in [-0.39, 0.29) is 0 Å². The highest BCUT2D eigenvalue weighted by Gasteiger charge is 1.97. The van der Waals surface area contributed by atoms with Gasteiger partial charge in [-0.2, -0.15) is 0 Å². The number of nitrogens with one attached hydrogen (secondary N) is 1. The largest absolute Gasteiger partial charge is 0.369 e. The number of halogens is 1. The van der Waals surface area contributed by atoms with E-state index >= 15 is 0 Å². The number of anilines is 1. The normalized spacial score (nSPS) is 9.83. The first-order valence-electron chi connectivity index (χ1n) is 4.04. The van der Waals surface area contributed by atoms with Gasteiger partial charge in [0.2, 0.25) is 0 Å². The Morgan fingerprint density at radius 1 is 1.58 bits per heavy atom. The molecule has 0 unspecified atom stereocenters. The lowest BCUT2D eigenvalue weighted by atomic mass is 10.3. The Morgan fingerprint density at radius 3 is 3.08 bits per heavy atom. The molecule has 0 saturated carbocycles. The molecule has 0 bridgehead atoms. The average Bonchev–Trinajstić information content (AvgIpc) is 2.09. The third kappa shape index (κ3) is 2.92. The van der Waals surface area contributed by atoms with Crippen molar-refractivity contribution in [3.05, 3.63) is 16.1 Å². The molecule has 0 atom stereocenters. The molecule has 0 radical (unpaired) electrons. The van der Waals surface area contributed by atoms with Crippen LogP contribution in [-0.4, -0.2) is 16.5 Å². The molecule has 12 heavy (non-hydrogen) atoms. The summed E-state index contributed by atoms with van der Waals surface area (Å²) in [7, 11) is 0. The maximum absolute atomic E-state index is 4.12. The van der Waals surface area contributed by atoms with Crippen LogP contribution in [0.4, 0.5) is 5.82 Å². The lowest BCUT2D eigenvalue weighted by Crippen LogP contribution is -2.04. The van der Waals surface area contributed by atoms with Crippen LogP contribution in [0.3, 0.4) is 0 Å². The fraction of sp³-hybridized carbons (Fsp3) is 0.500. The standard InChI is InChI=1S/C8H12IN3/c1-2-3-4-11-8-7(9)5-10-6-12-8/h5-6H,2-4H2,1H3,(H,10,11,12). The summed E-state index contributed by atoms with van der Waals surface area (Å²) in [5.74, 6) is 0.944. The van der Waals surface area contributed by atoms with Crippen molar-refractivity contribution in [1.82, 2.24) is 9.97 Å². The van der Waals surface area contributed by atoms with Crippen molar-refractivity contribution in [3.63, 3.8) is 0 Å². The minimum Gasteiger partial charge on any atom is -0.369 e. The first kappa shape index (κ1) is 9.70. The Labute approximate surface area is 86.1 Å². The van der Waals surface area contributed by atoms with Crippen LogP contribution in [0, 0.1) is 3.57 Å². The zero-order valence-electron chi connectivity index (χ0n) is 7.05. The van der Waals surface area contributed by atoms with Crippen LogP contribution < -0.4 is 5.32 Å². The first-order valence-corrected chi connectivity index (χ1v) is 5.12. The van der Waals surface area contributed by atoms with Crippen molar-refractivity contribution in [2.75, 3.05) is 11.9 Å². The van der Waals surface area contributed by atoms with Crippen LogP contribution in [0.1, 0.15) is 19.8 Å². The molecule has 4 heteroatoms. The molecule has 0 aliphatic heterocycles. The Hall–Kier alpha value is -0.390. The van der Waals surface area contributed by atoms with Crippen molar-refractivity contribution in [1.29, 1.82) is 0 Å². The molecule has 0 aromatic carbocycles. The van der Waals surface area contributed by atoms with Crippen molar-refractivity contribution in [2.45, 2.75) is 19.8 Å². The van der Waals surface area contributed by atoms with E-state index in [1.54, 1.807) is 6.33 Å². The molecule has 1 heterocycles. The smallest absolute Gasteiger partial charge is 0.142 e. The van der Waals surface area contributed by atoms with Gasteiger partial charge in [-0.1, -0.05) is 13.3 Å². The minimum atomic E-state index is 0.944. The molecule has 0 aliphatic carbocycles. The number of rotatable bonds is 4. The monoisotopic (exact) mass is 277 g/mol. The molecule has 0 aliphatic rings. The SMILES string of the molecule is CCCCNc1ncncc1I. The maximum atomic E-state index is 4.12. The summed E-state index contributed by atoms with van der Waals surface area (Å²) in [5.41, 5.74) is 0. The van der Waals surface area contributed by atoms with E-state index in [2.05, 4.69) is 44.8 Å². The predicted molar refractivity (Wildman–Crippen MR) is 58.1 cm³/mol. The number of aromatic nitrogens is 2. The molecule has 0 spiro atoms. The summed E-state index contributed by atoms with van der Waals surface area (Å²) in [5, 5.41) is 3.26. The van der Waals surface area contributed by atoms with E-state index in [9.17, 15) is 0 Å². The Bertz CT molecular complexity index is 239. The molecular formula is C8H12IN3. The van der Waals surface area contributed by atoms with E-state index in [0.29, 0.717) is 0 Å². The fourth-order valence-electron chi connectivity index (χ4n) is 0.826. The Morgan fingerprint density at radius 2 is 2.42 bits per heavy atom. The van der Waals surface area contributed by atoms with Gasteiger partial charge in [-0.15, -0.1) is 0 Å². The number of hydrogen-bond donors (Lipinski definition) is 1. The van der Waals surface area contributed by atoms with Crippen LogP contribution in [0.15, 0.2) is 12.5 Å². The zero-order valence-corrected chi connectivity index (χ0v) is 9.21. The Kier molecular flexibility index (Phi) is 4.27. The van der Waals surface area contributed by atoms with Gasteiger partial charge in [0.25, 0.3) is 0 Å². The van der Waals surface area contributed by atoms with Crippen LogP contribution in [-0.2, 0) is 0 Å². The summed E-state index contributed by atoms with van der Waals surface area (Å²) in [6.07, 6.45) is 5.76. The van der Waals surface area contributed by atoms with Gasteiger partial charge in [-0.05, 0) is 29.0 Å². The highest BCUT2D eigenvalue weighted by Crippen LogP contribution is 2.11. The molecular weight excluding hydrogens is 265 g/mol. The van der Waals surface area contributed by atoms with Crippen molar-refractivity contribution in [3.8, 4) is 0 Å². The predicted octanol–water partition coefficient (Wildman–Crippen LogP) is 2.29. The second-order valence-corrected chi connectivity index (χ2v) is 3.66. The molecule has 1 aromatic rings. The molecule has 66 valence electrons. The molecule has 1 N–H and O–H groups in total. The van der Waals surface area contributed by atoms with Crippen LogP contribution in [0.5, 0.6) is 0 Å². The van der Waals surface area contributed by atoms with E-state index in [0.717, 1.165) is 15.9 Å². The molecule has 1 aromatic heterocycles. The molecule has 0 saturated heterocycles. The third-order valence-electron chi connectivity index (χ3n) is 1.49. The van der Waals surface area contributed by atoms with E-state index < -0.39 is 0 Å². The van der Waals surface area contributed by atoms with E-state index in [4.69, 9.17) is 0 Å². The van der Waals surface area contributed by atoms with Gasteiger partial charge in [0.1, 0.15) is 12.1 Å². The van der Waals surface area contributed by atoms with Gasteiger partial charge in [0.05, 0.1) is 3.57 Å². The highest BCUT2D eigenvalue weighted by molar-refractivity contribution is 14.1. The lowest BCUT2D eigenvalue weighted by molar-refractivity contribution is 0.829. The summed E-state index contributed by atoms with van der Waals surface area (Å²) in [4.78, 5) is 8.03. The van der Waals surface area contributed by atoms with Crippen molar-refractivity contribution < 1.29 is 0 Å². The van der Waals surface area contributed by atoms with Crippen LogP contribution in [0.2, 0.25) is 0 Å². The Balaban J connectivity index is 2.46. The molecule has 0 fully saturated rings. The van der Waals surface area contributed by atoms with Gasteiger partial charge in [0.15, 0.2) is 0 Å². The second kappa shape index (κ2) is 5.29. The van der Waals surface area contributed by atoms with Crippen LogP contribution >= 0.6 is 22.6 Å². The maximum Gasteiger partial charge on any atom is 0.142 e. The topological polar surface area (TPSA) is 37.8 Å². The minimum absolute atomic E-state index is 0.944. The first-order chi connectivity index (χ1) is 5.84. The van der Waals surface area contributed by atoms with Gasteiger partial charge in [-0.25, -0.2) is 9.97 Å². The number of unbranched alkanes of at least 4 members (excludes halogenated alkanes) is 1. The molecule has 3 nitrogen and oxygen atoms in total. The quantitative estimate of drug-likeness (QED) is 0.677. The summed E-state index contributed by atoms with van der Waals surface area (Å²) in [6.45, 7) is 3.16. The van der Waals surface area contributed by atoms with Crippen molar-refractivity contribution >= 4 is 28.4 Å². The van der Waals surface area contributed by atoms with E-state index in [1.165, 1.54) is 12.8 Å². The molecule has 0 amide bonds. The highest BCUT2D eigenvalue weighted by atomic mass is 127. The van der Waals surface area contributed by atoms with Gasteiger partial charge < -0.3 is 5.32 Å². The molecule has 1 rings (SSSR count). The van der Waals surface area contributed by atoms with Gasteiger partial charge in [-0.3, -0.25) is 0 Å². The summed E-state index contributed by atoms with van der Waals surface area (Å²) >= 11 is 2.22. The lowest BCUT2D eigenvalue weighted by Gasteiger charge is -2.04. The number of hydrogen-bond acceptors (Lipinski definition) is 3. The van der Waals surface area contributed by atoms with Gasteiger partial charge in [0, 0.05) is 12.7 Å². The van der Waals surface area contributed by atoms with Gasteiger partial charge >= 0.3 is 0 Å². The van der Waals surface area contributed by atoms with E-state index in [1.807, 2.05) is 6.20 Å². The summed E-state index contributed by atoms with van der Waals surface area (Å²) in [6, 6.07) is 0. The van der Waals surface area contributed by atoms with Crippen molar-refractivity contribution in [2.24, 2.45) is 0 Å². The fourth-order valence-corrected chi connectivity index (χ4v) is 1.32. The number of nitrogens with zero attached hydrogens (tertiary/aromatic N) is 2. The second-order valence-electron chi connectivity index (χ2n) is 2.50. The zero-order chi connectivity index (χ0) is 8.81. The summed E-state index contributed by atoms with van der Waals surface area (Å²) < 4.78 is 1.08. The van der Waals surface area contributed by atoms with Crippen LogP contribution in [0.25, 0.3) is 0 Å². The third-order valence-corrected chi connectivity index (χ3v) is 2.28. The average molecular weight is 277 g/mol.